The van der Waals surface area contributed by atoms with Crippen LogP contribution < -0.4 is 0 Å². The molecule has 0 N–H and O–H groups in total. The van der Waals surface area contributed by atoms with Crippen molar-refractivity contribution in [2.24, 2.45) is 0 Å². The Hall–Kier alpha value is -3.06. The van der Waals surface area contributed by atoms with E-state index in [2.05, 4.69) is 15.2 Å². The lowest BCUT2D eigenvalue weighted by Crippen LogP contribution is -2.00. The van der Waals surface area contributed by atoms with Crippen molar-refractivity contribution in [2.45, 2.75) is 10.9 Å². The van der Waals surface area contributed by atoms with Crippen molar-refractivity contribution >= 4 is 11.8 Å². The number of aromatic nitrogens is 4. The first-order chi connectivity index (χ1) is 13.2. The second kappa shape index (κ2) is 7.67. The Morgan fingerprint density at radius 2 is 1.41 bits per heavy atom. The Labute approximate surface area is 158 Å². The number of thioether (sulfide) groups is 1. The Kier molecular flexibility index (Phi) is 4.93. The lowest BCUT2D eigenvalue weighted by atomic mass is 10.2. The molecule has 0 bridgehead atoms. The lowest BCUT2D eigenvalue weighted by molar-refractivity contribution is 0.626. The first kappa shape index (κ1) is 17.4. The molecule has 0 saturated carbocycles. The van der Waals surface area contributed by atoms with Crippen LogP contribution in [0.3, 0.4) is 0 Å². The maximum absolute atomic E-state index is 13.4. The van der Waals surface area contributed by atoms with Crippen LogP contribution in [0, 0.1) is 11.6 Å². The topological polar surface area (TPSA) is 43.6 Å². The summed E-state index contributed by atoms with van der Waals surface area (Å²) in [6, 6.07) is 16.2. The van der Waals surface area contributed by atoms with Gasteiger partial charge in [-0.3, -0.25) is 9.55 Å². The molecule has 4 aromatic rings. The average Bonchev–Trinajstić information content (AvgIpc) is 3.13. The maximum atomic E-state index is 13.4. The van der Waals surface area contributed by atoms with Gasteiger partial charge in [0, 0.05) is 29.4 Å². The van der Waals surface area contributed by atoms with Crippen LogP contribution >= 0.6 is 11.8 Å². The van der Waals surface area contributed by atoms with Gasteiger partial charge in [0.15, 0.2) is 11.0 Å². The van der Waals surface area contributed by atoms with Crippen LogP contribution in [-0.2, 0) is 5.75 Å². The van der Waals surface area contributed by atoms with Gasteiger partial charge in [0.1, 0.15) is 11.6 Å². The molecule has 4 nitrogen and oxygen atoms in total. The van der Waals surface area contributed by atoms with Crippen molar-refractivity contribution in [1.82, 2.24) is 19.7 Å². The van der Waals surface area contributed by atoms with E-state index in [-0.39, 0.29) is 11.6 Å². The summed E-state index contributed by atoms with van der Waals surface area (Å²) in [7, 11) is 0. The van der Waals surface area contributed by atoms with E-state index in [4.69, 9.17) is 0 Å². The molecule has 2 aromatic carbocycles. The second-order valence-corrected chi connectivity index (χ2v) is 6.71. The zero-order valence-electron chi connectivity index (χ0n) is 14.1. The fourth-order valence-corrected chi connectivity index (χ4v) is 3.51. The molecule has 27 heavy (non-hydrogen) atoms. The minimum absolute atomic E-state index is 0.266. The van der Waals surface area contributed by atoms with Crippen LogP contribution in [-0.4, -0.2) is 19.7 Å². The summed E-state index contributed by atoms with van der Waals surface area (Å²) in [6.45, 7) is 0. The zero-order valence-corrected chi connectivity index (χ0v) is 14.9. The molecular weight excluding hydrogens is 366 g/mol. The molecule has 2 aromatic heterocycles. The summed E-state index contributed by atoms with van der Waals surface area (Å²) in [5, 5.41) is 9.30. The molecule has 0 aliphatic carbocycles. The van der Waals surface area contributed by atoms with Crippen molar-refractivity contribution in [3.8, 4) is 17.1 Å². The number of benzene rings is 2. The third-order valence-corrected chi connectivity index (χ3v) is 4.94. The van der Waals surface area contributed by atoms with E-state index in [9.17, 15) is 8.78 Å². The van der Waals surface area contributed by atoms with Gasteiger partial charge < -0.3 is 0 Å². The number of hydrogen-bond acceptors (Lipinski definition) is 4. The predicted octanol–water partition coefficient (Wildman–Crippen LogP) is 4.90. The maximum Gasteiger partial charge on any atom is 0.196 e. The van der Waals surface area contributed by atoms with Crippen molar-refractivity contribution in [2.75, 3.05) is 0 Å². The molecule has 0 aliphatic rings. The molecule has 7 heteroatoms. The molecule has 0 amide bonds. The highest BCUT2D eigenvalue weighted by molar-refractivity contribution is 7.98. The van der Waals surface area contributed by atoms with Crippen molar-refractivity contribution in [1.29, 1.82) is 0 Å². The smallest absolute Gasteiger partial charge is 0.196 e. The van der Waals surface area contributed by atoms with Crippen molar-refractivity contribution in [3.63, 3.8) is 0 Å². The third-order valence-electron chi connectivity index (χ3n) is 3.94. The number of nitrogens with zero attached hydrogens (tertiary/aromatic N) is 4. The monoisotopic (exact) mass is 380 g/mol. The van der Waals surface area contributed by atoms with E-state index < -0.39 is 0 Å². The molecule has 0 saturated heterocycles. The number of rotatable bonds is 5. The fraction of sp³-hybridized carbons (Fsp3) is 0.0500. The summed E-state index contributed by atoms with van der Waals surface area (Å²) in [5.41, 5.74) is 2.59. The molecule has 0 spiro atoms. The molecule has 0 fully saturated rings. The highest BCUT2D eigenvalue weighted by Gasteiger charge is 2.16. The van der Waals surface area contributed by atoms with Crippen LogP contribution in [0.1, 0.15) is 5.56 Å². The van der Waals surface area contributed by atoms with Crippen LogP contribution in [0.15, 0.2) is 78.2 Å². The van der Waals surface area contributed by atoms with E-state index in [1.54, 1.807) is 36.7 Å². The Balaban J connectivity index is 1.71. The van der Waals surface area contributed by atoms with E-state index in [1.807, 2.05) is 16.7 Å². The summed E-state index contributed by atoms with van der Waals surface area (Å²) >= 11 is 1.48. The SMILES string of the molecule is Fc1ccc(CSc2nnc(-c3ccncc3)n2-c2ccc(F)cc2)cc1. The predicted molar refractivity (Wildman–Crippen MR) is 101 cm³/mol. The van der Waals surface area contributed by atoms with Gasteiger partial charge in [0.05, 0.1) is 0 Å². The van der Waals surface area contributed by atoms with E-state index >= 15 is 0 Å². The minimum atomic E-state index is -0.308. The number of halogens is 2. The fourth-order valence-electron chi connectivity index (χ4n) is 2.60. The molecule has 4 rings (SSSR count). The average molecular weight is 380 g/mol. The Morgan fingerprint density at radius 1 is 0.778 bits per heavy atom. The van der Waals surface area contributed by atoms with E-state index in [0.29, 0.717) is 16.7 Å². The minimum Gasteiger partial charge on any atom is -0.270 e. The highest BCUT2D eigenvalue weighted by atomic mass is 32.2. The first-order valence-corrected chi connectivity index (χ1v) is 9.18. The molecule has 0 aliphatic heterocycles. The summed E-state index contributed by atoms with van der Waals surface area (Å²) < 4.78 is 28.3. The summed E-state index contributed by atoms with van der Waals surface area (Å²) in [5.74, 6) is 0.678. The largest absolute Gasteiger partial charge is 0.270 e. The number of hydrogen-bond donors (Lipinski definition) is 0. The van der Waals surface area contributed by atoms with Crippen LogP contribution in [0.25, 0.3) is 17.1 Å². The Morgan fingerprint density at radius 3 is 2.07 bits per heavy atom. The molecule has 0 radical (unpaired) electrons. The molecule has 0 atom stereocenters. The normalized spacial score (nSPS) is 10.9. The van der Waals surface area contributed by atoms with Crippen LogP contribution in [0.5, 0.6) is 0 Å². The van der Waals surface area contributed by atoms with Gasteiger partial charge in [-0.05, 0) is 54.1 Å². The third kappa shape index (κ3) is 3.88. The van der Waals surface area contributed by atoms with Crippen LogP contribution in [0.2, 0.25) is 0 Å². The lowest BCUT2D eigenvalue weighted by Gasteiger charge is -2.10. The van der Waals surface area contributed by atoms with Gasteiger partial charge in [0.2, 0.25) is 0 Å². The van der Waals surface area contributed by atoms with E-state index in [0.717, 1.165) is 16.8 Å². The van der Waals surface area contributed by atoms with Crippen molar-refractivity contribution < 1.29 is 8.78 Å². The molecular formula is C20H14F2N4S. The van der Waals surface area contributed by atoms with Gasteiger partial charge in [0.25, 0.3) is 0 Å². The molecule has 2 heterocycles. The van der Waals surface area contributed by atoms with Gasteiger partial charge >= 0.3 is 0 Å². The van der Waals surface area contributed by atoms with Gasteiger partial charge in [-0.2, -0.15) is 0 Å². The quantitative estimate of drug-likeness (QED) is 0.462. The zero-order chi connectivity index (χ0) is 18.6. The van der Waals surface area contributed by atoms with Gasteiger partial charge in [-0.15, -0.1) is 10.2 Å². The van der Waals surface area contributed by atoms with E-state index in [1.165, 1.54) is 36.0 Å². The highest BCUT2D eigenvalue weighted by Crippen LogP contribution is 2.29. The standard InChI is InChI=1S/C20H14F2N4S/c21-16-3-1-14(2-4-16)13-27-20-25-24-19(15-9-11-23-12-10-15)26(20)18-7-5-17(22)6-8-18/h1-12H,13H2. The first-order valence-electron chi connectivity index (χ1n) is 8.20. The molecule has 134 valence electrons. The second-order valence-electron chi connectivity index (χ2n) is 5.77. The van der Waals surface area contributed by atoms with Crippen LogP contribution in [0.4, 0.5) is 8.78 Å². The van der Waals surface area contributed by atoms with Crippen molar-refractivity contribution in [3.05, 3.63) is 90.3 Å². The van der Waals surface area contributed by atoms with Gasteiger partial charge in [-0.25, -0.2) is 8.78 Å². The number of pyridine rings is 1. The summed E-state index contributed by atoms with van der Waals surface area (Å²) in [4.78, 5) is 4.03. The summed E-state index contributed by atoms with van der Waals surface area (Å²) in [6.07, 6.45) is 3.37. The molecule has 0 unspecified atom stereocenters. The Bertz CT molecular complexity index is 1030. The van der Waals surface area contributed by atoms with Gasteiger partial charge in [-0.1, -0.05) is 23.9 Å².